The number of hydrogen-bond donors (Lipinski definition) is 0. The molecule has 0 saturated carbocycles. The Morgan fingerprint density at radius 2 is 1.24 bits per heavy atom. The van der Waals surface area contributed by atoms with Crippen LogP contribution in [0.2, 0.25) is 0 Å². The molecule has 0 heterocycles. The van der Waals surface area contributed by atoms with Crippen molar-refractivity contribution in [1.29, 1.82) is 0 Å². The van der Waals surface area contributed by atoms with Gasteiger partial charge in [0.2, 0.25) is 6.08 Å². The maximum Gasteiger partial charge on any atom is 0.240 e. The summed E-state index contributed by atoms with van der Waals surface area (Å²) in [6.45, 7) is 0. The molecule has 0 fully saturated rings. The van der Waals surface area contributed by atoms with Crippen molar-refractivity contribution in [2.75, 3.05) is 0 Å². The topological polar surface area (TPSA) is 54.1 Å². The molecule has 2 aromatic rings. The van der Waals surface area contributed by atoms with E-state index in [2.05, 4.69) is 15.2 Å². The second-order valence-corrected chi connectivity index (χ2v) is 3.26. The van der Waals surface area contributed by atoms with Gasteiger partial charge >= 0.3 is 0 Å². The van der Waals surface area contributed by atoms with E-state index in [1.807, 2.05) is 30.3 Å². The molecule has 0 amide bonds. The van der Waals surface area contributed by atoms with E-state index in [4.69, 9.17) is 0 Å². The first-order valence-corrected chi connectivity index (χ1v) is 5.03. The van der Waals surface area contributed by atoms with Crippen LogP contribution in [0.5, 0.6) is 0 Å². The monoisotopic (exact) mass is 223 g/mol. The van der Waals surface area contributed by atoms with Gasteiger partial charge in [0, 0.05) is 0 Å². The largest absolute Gasteiger partial charge is 0.240 e. The molecule has 2 rings (SSSR count). The van der Waals surface area contributed by atoms with Crippen molar-refractivity contribution in [2.24, 2.45) is 15.2 Å². The summed E-state index contributed by atoms with van der Waals surface area (Å²) in [5.41, 5.74) is 2.06. The molecule has 0 unspecified atom stereocenters. The molecule has 2 aromatic carbocycles. The third kappa shape index (κ3) is 3.19. The molecule has 82 valence electrons. The van der Waals surface area contributed by atoms with E-state index < -0.39 is 0 Å². The zero-order valence-electron chi connectivity index (χ0n) is 8.95. The summed E-state index contributed by atoms with van der Waals surface area (Å²) >= 11 is 0. The summed E-state index contributed by atoms with van der Waals surface area (Å²) in [5, 5.41) is 8.13. The highest BCUT2D eigenvalue weighted by molar-refractivity contribution is 5.52. The lowest BCUT2D eigenvalue weighted by molar-refractivity contribution is 0.565. The van der Waals surface area contributed by atoms with Gasteiger partial charge in [-0.2, -0.15) is 15.2 Å². The van der Waals surface area contributed by atoms with Crippen LogP contribution in [0, 0.1) is 0 Å². The Kier molecular flexibility index (Phi) is 3.53. The van der Waals surface area contributed by atoms with Gasteiger partial charge in [0.1, 0.15) is 0 Å². The summed E-state index contributed by atoms with van der Waals surface area (Å²) in [6, 6.07) is 16.3. The Labute approximate surface area is 98.4 Å². The molecule has 0 atom stereocenters. The van der Waals surface area contributed by atoms with Gasteiger partial charge in [-0.3, -0.25) is 0 Å². The standard InChI is InChI=1S/C13H9N3O/c17-10-14-11-6-8-13(9-7-11)16-15-12-4-2-1-3-5-12/h1-9H/b16-15+. The molecule has 0 bridgehead atoms. The Hall–Kier alpha value is -2.58. The minimum Gasteiger partial charge on any atom is -0.211 e. The SMILES string of the molecule is O=C=Nc1ccc(/N=N/c2ccccc2)cc1. The van der Waals surface area contributed by atoms with E-state index in [1.54, 1.807) is 24.3 Å². The number of rotatable bonds is 3. The minimum atomic E-state index is 0.554. The van der Waals surface area contributed by atoms with Gasteiger partial charge in [-0.1, -0.05) is 18.2 Å². The van der Waals surface area contributed by atoms with Crippen molar-refractivity contribution < 1.29 is 4.79 Å². The van der Waals surface area contributed by atoms with Gasteiger partial charge in [-0.25, -0.2) is 4.79 Å². The van der Waals surface area contributed by atoms with E-state index in [1.165, 1.54) is 6.08 Å². The fourth-order valence-electron chi connectivity index (χ4n) is 1.26. The van der Waals surface area contributed by atoms with Crippen LogP contribution in [0.3, 0.4) is 0 Å². The van der Waals surface area contributed by atoms with Crippen molar-refractivity contribution in [3.8, 4) is 0 Å². The van der Waals surface area contributed by atoms with Crippen LogP contribution in [0.25, 0.3) is 0 Å². The van der Waals surface area contributed by atoms with Crippen LogP contribution in [-0.4, -0.2) is 6.08 Å². The van der Waals surface area contributed by atoms with Gasteiger partial charge in [-0.15, -0.1) is 0 Å². The first kappa shape index (κ1) is 10.9. The maximum atomic E-state index is 10.0. The van der Waals surface area contributed by atoms with Gasteiger partial charge < -0.3 is 0 Å². The predicted molar refractivity (Wildman–Crippen MR) is 64.8 cm³/mol. The fraction of sp³-hybridized carbons (Fsp3) is 0. The smallest absolute Gasteiger partial charge is 0.211 e. The van der Waals surface area contributed by atoms with E-state index in [-0.39, 0.29) is 0 Å². The number of carbonyl (C=O) groups excluding carboxylic acids is 1. The number of nitrogens with zero attached hydrogens (tertiary/aromatic N) is 3. The summed E-state index contributed by atoms with van der Waals surface area (Å²) < 4.78 is 0. The molecule has 0 saturated heterocycles. The van der Waals surface area contributed by atoms with Gasteiger partial charge in [0.25, 0.3) is 0 Å². The van der Waals surface area contributed by atoms with Crippen LogP contribution in [-0.2, 0) is 4.79 Å². The van der Waals surface area contributed by atoms with Crippen LogP contribution in [0.1, 0.15) is 0 Å². The fourth-order valence-corrected chi connectivity index (χ4v) is 1.26. The first-order chi connectivity index (χ1) is 8.38. The molecule has 0 spiro atoms. The lowest BCUT2D eigenvalue weighted by atomic mass is 10.3. The third-order valence-corrected chi connectivity index (χ3v) is 2.06. The number of aliphatic imine (C=N–C) groups is 1. The van der Waals surface area contributed by atoms with Crippen molar-refractivity contribution in [3.05, 3.63) is 54.6 Å². The molecule has 0 N–H and O–H groups in total. The average molecular weight is 223 g/mol. The molecule has 17 heavy (non-hydrogen) atoms. The van der Waals surface area contributed by atoms with E-state index in [9.17, 15) is 4.79 Å². The van der Waals surface area contributed by atoms with Crippen molar-refractivity contribution in [3.63, 3.8) is 0 Å². The Morgan fingerprint density at radius 1 is 0.706 bits per heavy atom. The van der Waals surface area contributed by atoms with Gasteiger partial charge in [0.05, 0.1) is 17.1 Å². The molecule has 0 aliphatic rings. The summed E-state index contributed by atoms with van der Waals surface area (Å²) in [7, 11) is 0. The minimum absolute atomic E-state index is 0.554. The van der Waals surface area contributed by atoms with Crippen LogP contribution in [0.15, 0.2) is 69.8 Å². The molecule has 4 nitrogen and oxygen atoms in total. The van der Waals surface area contributed by atoms with Crippen molar-refractivity contribution in [1.82, 2.24) is 0 Å². The second kappa shape index (κ2) is 5.49. The number of benzene rings is 2. The number of azo groups is 1. The highest BCUT2D eigenvalue weighted by Gasteiger charge is 1.91. The van der Waals surface area contributed by atoms with E-state index >= 15 is 0 Å². The van der Waals surface area contributed by atoms with Crippen LogP contribution >= 0.6 is 0 Å². The third-order valence-electron chi connectivity index (χ3n) is 2.06. The van der Waals surface area contributed by atoms with Crippen LogP contribution in [0.4, 0.5) is 17.1 Å². The van der Waals surface area contributed by atoms with Gasteiger partial charge in [0.15, 0.2) is 0 Å². The average Bonchev–Trinajstić information content (AvgIpc) is 2.40. The van der Waals surface area contributed by atoms with Crippen molar-refractivity contribution in [2.45, 2.75) is 0 Å². The molecule has 0 aliphatic heterocycles. The predicted octanol–water partition coefficient (Wildman–Crippen LogP) is 4.07. The summed E-state index contributed by atoms with van der Waals surface area (Å²) in [4.78, 5) is 13.5. The molecular formula is C13H9N3O. The van der Waals surface area contributed by atoms with Gasteiger partial charge in [-0.05, 0) is 36.4 Å². The number of hydrogen-bond acceptors (Lipinski definition) is 4. The molecule has 0 radical (unpaired) electrons. The normalized spacial score (nSPS) is 10.1. The molecular weight excluding hydrogens is 214 g/mol. The molecule has 0 aliphatic carbocycles. The van der Waals surface area contributed by atoms with Crippen LogP contribution < -0.4 is 0 Å². The highest BCUT2D eigenvalue weighted by atomic mass is 16.1. The second-order valence-electron chi connectivity index (χ2n) is 3.26. The van der Waals surface area contributed by atoms with E-state index in [0.29, 0.717) is 11.4 Å². The Morgan fingerprint density at radius 3 is 1.82 bits per heavy atom. The maximum absolute atomic E-state index is 10.0. The molecule has 0 aromatic heterocycles. The Bertz CT molecular complexity index is 555. The zero-order chi connectivity index (χ0) is 11.9. The summed E-state index contributed by atoms with van der Waals surface area (Å²) in [6.07, 6.45) is 1.48. The molecule has 4 heteroatoms. The lowest BCUT2D eigenvalue weighted by Gasteiger charge is -1.93. The first-order valence-electron chi connectivity index (χ1n) is 5.03. The quantitative estimate of drug-likeness (QED) is 0.439. The zero-order valence-corrected chi connectivity index (χ0v) is 8.95. The van der Waals surface area contributed by atoms with E-state index in [0.717, 1.165) is 5.69 Å². The number of isocyanates is 1. The lowest BCUT2D eigenvalue weighted by Crippen LogP contribution is -1.65. The van der Waals surface area contributed by atoms with Crippen molar-refractivity contribution >= 4 is 23.1 Å². The highest BCUT2D eigenvalue weighted by Crippen LogP contribution is 2.20. The summed E-state index contributed by atoms with van der Waals surface area (Å²) in [5.74, 6) is 0. The Balaban J connectivity index is 2.14.